The Bertz CT molecular complexity index is 929. The molecule has 2 aliphatic heterocycles. The molecule has 29 heavy (non-hydrogen) atoms. The van der Waals surface area contributed by atoms with E-state index in [1.54, 1.807) is 11.7 Å². The van der Waals surface area contributed by atoms with Crippen LogP contribution in [0.4, 0.5) is 4.79 Å². The molecule has 1 saturated heterocycles. The summed E-state index contributed by atoms with van der Waals surface area (Å²) in [4.78, 5) is 44.6. The van der Waals surface area contributed by atoms with E-state index < -0.39 is 30.5 Å². The van der Waals surface area contributed by atoms with Crippen LogP contribution in [0, 0.1) is 19.8 Å². The van der Waals surface area contributed by atoms with Crippen LogP contribution in [0.25, 0.3) is 0 Å². The number of likely N-dealkylation sites (N-methyl/N-ethyl adjacent to an activating group) is 1. The number of esters is 1. The highest BCUT2D eigenvalue weighted by atomic mass is 16.5. The predicted molar refractivity (Wildman–Crippen MR) is 105 cm³/mol. The Hall–Kier alpha value is -3.04. The maximum Gasteiger partial charge on any atom is 0.421 e. The van der Waals surface area contributed by atoms with Crippen LogP contribution in [0.15, 0.2) is 11.1 Å². The molecule has 1 fully saturated rings. The first kappa shape index (κ1) is 20.7. The highest BCUT2D eigenvalue weighted by molar-refractivity contribution is 6.23. The van der Waals surface area contributed by atoms with E-state index in [4.69, 9.17) is 0 Å². The van der Waals surface area contributed by atoms with Gasteiger partial charge < -0.3 is 4.74 Å². The zero-order chi connectivity index (χ0) is 21.5. The molecule has 0 radical (unpaired) electrons. The van der Waals surface area contributed by atoms with E-state index in [9.17, 15) is 14.4 Å². The van der Waals surface area contributed by atoms with E-state index in [-0.39, 0.29) is 0 Å². The number of nitrogens with zero attached hydrogens (tertiary/aromatic N) is 6. The van der Waals surface area contributed by atoms with E-state index in [1.165, 1.54) is 12.0 Å². The number of hydrogen-bond donors (Lipinski definition) is 0. The van der Waals surface area contributed by atoms with Crippen molar-refractivity contribution in [3.63, 3.8) is 0 Å². The number of fused-ring (bicyclic) bond motifs is 1. The number of hydrogen-bond acceptors (Lipinski definition) is 6. The summed E-state index contributed by atoms with van der Waals surface area (Å²) in [5.41, 5.74) is 1.71. The third kappa shape index (κ3) is 3.66. The smallest absolute Gasteiger partial charge is 0.421 e. The third-order valence-electron chi connectivity index (χ3n) is 5.05. The van der Waals surface area contributed by atoms with Gasteiger partial charge in [0.15, 0.2) is 0 Å². The second-order valence-corrected chi connectivity index (χ2v) is 7.73. The Morgan fingerprint density at radius 1 is 1.31 bits per heavy atom. The maximum atomic E-state index is 13.2. The number of aromatic nitrogens is 2. The highest BCUT2D eigenvalue weighted by Gasteiger charge is 2.53. The second-order valence-electron chi connectivity index (χ2n) is 7.73. The average molecular weight is 403 g/mol. The van der Waals surface area contributed by atoms with Gasteiger partial charge in [-0.1, -0.05) is 18.8 Å². The van der Waals surface area contributed by atoms with Crippen molar-refractivity contribution in [2.24, 2.45) is 10.9 Å². The molecular weight excluding hydrogens is 376 g/mol. The van der Waals surface area contributed by atoms with Gasteiger partial charge >= 0.3 is 18.0 Å². The lowest BCUT2D eigenvalue weighted by Gasteiger charge is -2.33. The molecule has 0 aliphatic carbocycles. The van der Waals surface area contributed by atoms with Gasteiger partial charge in [-0.2, -0.15) is 0 Å². The van der Waals surface area contributed by atoms with E-state index in [2.05, 4.69) is 28.7 Å². The molecule has 1 atom stereocenters. The number of carbonyl (C=O) groups excluding carboxylic acids is 3. The number of rotatable bonds is 5. The van der Waals surface area contributed by atoms with Crippen molar-refractivity contribution in [2.45, 2.75) is 40.2 Å². The number of ether oxygens (including phenoxy) is 1. The normalized spacial score (nSPS) is 19.3. The van der Waals surface area contributed by atoms with E-state index in [1.807, 2.05) is 24.5 Å². The summed E-state index contributed by atoms with van der Waals surface area (Å²) in [5.74, 6) is 0.106. The van der Waals surface area contributed by atoms with Gasteiger partial charge in [0, 0.05) is 7.05 Å². The molecule has 3 amide bonds. The molecule has 0 aromatic carbocycles. The first-order chi connectivity index (χ1) is 13.6. The molecule has 0 bridgehead atoms. The fourth-order valence-corrected chi connectivity index (χ4v) is 3.47. The van der Waals surface area contributed by atoms with Crippen LogP contribution in [0.5, 0.6) is 0 Å². The van der Waals surface area contributed by atoms with Crippen LogP contribution < -0.4 is 0 Å². The van der Waals surface area contributed by atoms with Crippen molar-refractivity contribution in [3.05, 3.63) is 17.5 Å². The summed E-state index contributed by atoms with van der Waals surface area (Å²) >= 11 is 0. The summed E-state index contributed by atoms with van der Waals surface area (Å²) < 4.78 is 8.20. The lowest BCUT2D eigenvalue weighted by Crippen LogP contribution is -2.63. The van der Waals surface area contributed by atoms with Crippen molar-refractivity contribution < 1.29 is 23.7 Å². The van der Waals surface area contributed by atoms with Gasteiger partial charge in [0.2, 0.25) is 11.9 Å². The number of imide groups is 1. The Morgan fingerprint density at radius 2 is 2.00 bits per heavy atom. The minimum absolute atomic E-state index is 0.340. The molecular formula is C19H27N6O4+. The molecule has 156 valence electrons. The van der Waals surface area contributed by atoms with Gasteiger partial charge in [0.1, 0.15) is 12.2 Å². The van der Waals surface area contributed by atoms with E-state index in [0.717, 1.165) is 22.7 Å². The number of urea groups is 1. The van der Waals surface area contributed by atoms with Crippen LogP contribution in [0.2, 0.25) is 0 Å². The molecule has 1 unspecified atom stereocenters. The van der Waals surface area contributed by atoms with Gasteiger partial charge in [-0.05, 0) is 32.3 Å². The highest BCUT2D eigenvalue weighted by Crippen LogP contribution is 2.22. The lowest BCUT2D eigenvalue weighted by atomic mass is 10.1. The van der Waals surface area contributed by atoms with Crippen LogP contribution >= 0.6 is 0 Å². The molecule has 1 aromatic heterocycles. The molecule has 0 spiro atoms. The zero-order valence-electron chi connectivity index (χ0n) is 17.7. The number of carbonyl (C=O) groups is 3. The SMILES string of the molecule is COC(=O)CN1C(=O)C2C(=NC(n3nc(C)cc3C)=[N+]2CCC(C)C)N(C)C1=O. The fraction of sp³-hybridized carbons (Fsp3) is 0.579. The van der Waals surface area contributed by atoms with Crippen molar-refractivity contribution in [2.75, 3.05) is 27.2 Å². The van der Waals surface area contributed by atoms with E-state index >= 15 is 0 Å². The number of methoxy groups -OCH3 is 1. The molecule has 0 N–H and O–H groups in total. The first-order valence-corrected chi connectivity index (χ1v) is 9.57. The number of amidine groups is 1. The van der Waals surface area contributed by atoms with Crippen LogP contribution in [-0.2, 0) is 14.3 Å². The van der Waals surface area contributed by atoms with Crippen LogP contribution in [0.1, 0.15) is 31.7 Å². The Morgan fingerprint density at radius 3 is 2.55 bits per heavy atom. The van der Waals surface area contributed by atoms with Crippen LogP contribution in [0.3, 0.4) is 0 Å². The summed E-state index contributed by atoms with van der Waals surface area (Å²) in [5, 5.41) is 4.51. The van der Waals surface area contributed by atoms with Crippen LogP contribution in [-0.4, -0.2) is 87.1 Å². The summed E-state index contributed by atoms with van der Waals surface area (Å²) in [6.07, 6.45) is 0.823. The first-order valence-electron chi connectivity index (χ1n) is 9.57. The van der Waals surface area contributed by atoms with Crippen molar-refractivity contribution in [1.82, 2.24) is 19.6 Å². The molecule has 2 aliphatic rings. The van der Waals surface area contributed by atoms with Gasteiger partial charge in [0.25, 0.3) is 5.91 Å². The summed E-state index contributed by atoms with van der Waals surface area (Å²) in [6, 6.07) is 0.532. The Kier molecular flexibility index (Phi) is 5.54. The van der Waals surface area contributed by atoms with Crippen molar-refractivity contribution >= 4 is 29.7 Å². The third-order valence-corrected chi connectivity index (χ3v) is 5.05. The number of aryl methyl sites for hydroxylation is 2. The van der Waals surface area contributed by atoms with E-state index in [0.29, 0.717) is 24.3 Å². The molecule has 1 aromatic rings. The second kappa shape index (κ2) is 7.76. The summed E-state index contributed by atoms with van der Waals surface area (Å²) in [6.45, 7) is 8.12. The largest absolute Gasteiger partial charge is 0.468 e. The van der Waals surface area contributed by atoms with Crippen molar-refractivity contribution in [3.8, 4) is 0 Å². The Labute approximate surface area is 169 Å². The van der Waals surface area contributed by atoms with Gasteiger partial charge in [-0.15, -0.1) is 9.78 Å². The number of amides is 3. The van der Waals surface area contributed by atoms with Gasteiger partial charge in [-0.25, -0.2) is 14.3 Å². The summed E-state index contributed by atoms with van der Waals surface area (Å²) in [7, 11) is 2.77. The minimum atomic E-state index is -0.792. The topological polar surface area (TPSA) is 100 Å². The molecule has 3 rings (SSSR count). The zero-order valence-corrected chi connectivity index (χ0v) is 17.7. The maximum absolute atomic E-state index is 13.2. The molecule has 10 heteroatoms. The monoisotopic (exact) mass is 403 g/mol. The van der Waals surface area contributed by atoms with Crippen molar-refractivity contribution in [1.29, 1.82) is 0 Å². The Balaban J connectivity index is 2.08. The molecule has 3 heterocycles. The molecule has 0 saturated carbocycles. The predicted octanol–water partition coefficient (Wildman–Crippen LogP) is 0.610. The minimum Gasteiger partial charge on any atom is -0.468 e. The van der Waals surface area contributed by atoms with Gasteiger partial charge in [-0.3, -0.25) is 14.5 Å². The fourth-order valence-electron chi connectivity index (χ4n) is 3.47. The lowest BCUT2D eigenvalue weighted by molar-refractivity contribution is -0.538. The molecule has 10 nitrogen and oxygen atoms in total. The number of aliphatic imine (C=N–C) groups is 1. The van der Waals surface area contributed by atoms with Gasteiger partial charge in [0.05, 0.1) is 19.3 Å². The average Bonchev–Trinajstić information content (AvgIpc) is 3.20. The quantitative estimate of drug-likeness (QED) is 0.530. The standard InChI is InChI=1S/C19H27N6O4/c1-11(2)7-8-23-15-16(20-18(23)25-13(4)9-12(3)21-25)22(5)19(28)24(17(15)27)10-14(26)29-6/h9,11,15H,7-8,10H2,1-6H3/q+1.